The molecule has 2 aromatic rings. The molecule has 0 unspecified atom stereocenters. The molecule has 1 fully saturated rings. The lowest BCUT2D eigenvalue weighted by Crippen LogP contribution is -2.15. The highest BCUT2D eigenvalue weighted by Crippen LogP contribution is 2.35. The summed E-state index contributed by atoms with van der Waals surface area (Å²) < 4.78 is 0. The van der Waals surface area contributed by atoms with E-state index in [9.17, 15) is 0 Å². The van der Waals surface area contributed by atoms with Crippen LogP contribution in [0.15, 0.2) is 36.4 Å². The highest BCUT2D eigenvalue weighted by Gasteiger charge is 2.20. The van der Waals surface area contributed by atoms with Crippen molar-refractivity contribution in [3.05, 3.63) is 58.7 Å². The van der Waals surface area contributed by atoms with Crippen molar-refractivity contribution in [2.24, 2.45) is 11.8 Å². The van der Waals surface area contributed by atoms with E-state index in [1.807, 2.05) is 0 Å². The van der Waals surface area contributed by atoms with Crippen LogP contribution < -0.4 is 0 Å². The quantitative estimate of drug-likeness (QED) is 0.453. The first kappa shape index (κ1) is 21.2. The standard InChI is InChI=1S/C28H40/c1-6-7-23-8-10-24(11-9-23)12-17-28-21(4)18-27(19-22(28)5)26-15-13-25(14-16-26)20(2)3/h13-16,18-20,23-24H,6-12,17H2,1-5H3. The molecule has 1 saturated carbocycles. The Morgan fingerprint density at radius 3 is 1.82 bits per heavy atom. The minimum atomic E-state index is 0.594. The van der Waals surface area contributed by atoms with Gasteiger partial charge in [-0.15, -0.1) is 0 Å². The second kappa shape index (κ2) is 9.77. The second-order valence-electron chi connectivity index (χ2n) is 9.58. The van der Waals surface area contributed by atoms with Crippen molar-refractivity contribution in [1.82, 2.24) is 0 Å². The number of rotatable bonds is 7. The molecular weight excluding hydrogens is 336 g/mol. The van der Waals surface area contributed by atoms with Gasteiger partial charge in [-0.25, -0.2) is 0 Å². The SMILES string of the molecule is CCCC1CCC(CCc2c(C)cc(-c3ccc(C(C)C)cc3)cc2C)CC1. The third kappa shape index (κ3) is 5.28. The molecule has 0 heteroatoms. The molecule has 0 amide bonds. The van der Waals surface area contributed by atoms with Gasteiger partial charge in [0.2, 0.25) is 0 Å². The monoisotopic (exact) mass is 376 g/mol. The lowest BCUT2D eigenvalue weighted by atomic mass is 9.77. The maximum absolute atomic E-state index is 2.41. The van der Waals surface area contributed by atoms with Crippen molar-refractivity contribution < 1.29 is 0 Å². The molecule has 0 N–H and O–H groups in total. The van der Waals surface area contributed by atoms with E-state index < -0.39 is 0 Å². The Bertz CT molecular complexity index is 719. The Hall–Kier alpha value is -1.56. The van der Waals surface area contributed by atoms with Gasteiger partial charge in [0.05, 0.1) is 0 Å². The van der Waals surface area contributed by atoms with Crippen LogP contribution in [0.25, 0.3) is 11.1 Å². The Morgan fingerprint density at radius 1 is 0.786 bits per heavy atom. The third-order valence-electron chi connectivity index (χ3n) is 7.07. The van der Waals surface area contributed by atoms with Crippen LogP contribution in [-0.4, -0.2) is 0 Å². The lowest BCUT2D eigenvalue weighted by Gasteiger charge is -2.28. The molecule has 0 nitrogen and oxygen atoms in total. The van der Waals surface area contributed by atoms with Crippen molar-refractivity contribution in [3.63, 3.8) is 0 Å². The largest absolute Gasteiger partial charge is 0.0654 e. The van der Waals surface area contributed by atoms with Gasteiger partial charge in [-0.2, -0.15) is 0 Å². The lowest BCUT2D eigenvalue weighted by molar-refractivity contribution is 0.252. The van der Waals surface area contributed by atoms with E-state index in [1.54, 1.807) is 5.56 Å². The molecular formula is C28H40. The fourth-order valence-electron chi connectivity index (χ4n) is 5.18. The Labute approximate surface area is 173 Å². The first-order valence-corrected chi connectivity index (χ1v) is 11.7. The molecule has 0 aliphatic heterocycles. The molecule has 3 rings (SSSR count). The summed E-state index contributed by atoms with van der Waals surface area (Å²) >= 11 is 0. The average Bonchev–Trinajstić information content (AvgIpc) is 2.69. The second-order valence-corrected chi connectivity index (χ2v) is 9.58. The predicted octanol–water partition coefficient (Wildman–Crippen LogP) is 8.63. The van der Waals surface area contributed by atoms with E-state index >= 15 is 0 Å². The van der Waals surface area contributed by atoms with Gasteiger partial charge in [-0.05, 0) is 77.8 Å². The Kier molecular flexibility index (Phi) is 7.38. The smallest absolute Gasteiger partial charge is 0.0179 e. The van der Waals surface area contributed by atoms with E-state index in [0.29, 0.717) is 5.92 Å². The van der Waals surface area contributed by atoms with Crippen molar-refractivity contribution >= 4 is 0 Å². The molecule has 0 heterocycles. The zero-order valence-electron chi connectivity index (χ0n) is 18.9. The van der Waals surface area contributed by atoms with Crippen molar-refractivity contribution in [2.45, 2.75) is 91.9 Å². The van der Waals surface area contributed by atoms with E-state index in [2.05, 4.69) is 71.0 Å². The number of aryl methyl sites for hydroxylation is 2. The van der Waals surface area contributed by atoms with E-state index in [1.165, 1.54) is 79.2 Å². The van der Waals surface area contributed by atoms with E-state index in [0.717, 1.165) is 11.8 Å². The van der Waals surface area contributed by atoms with Crippen molar-refractivity contribution in [3.8, 4) is 11.1 Å². The fraction of sp³-hybridized carbons (Fsp3) is 0.571. The predicted molar refractivity (Wildman–Crippen MR) is 124 cm³/mol. The molecule has 0 radical (unpaired) electrons. The first-order chi connectivity index (χ1) is 13.5. The maximum atomic E-state index is 2.41. The number of hydrogen-bond acceptors (Lipinski definition) is 0. The summed E-state index contributed by atoms with van der Waals surface area (Å²) in [5, 5.41) is 0. The molecule has 0 aromatic heterocycles. The highest BCUT2D eigenvalue weighted by atomic mass is 14.3. The molecule has 1 aliphatic carbocycles. The van der Waals surface area contributed by atoms with Crippen LogP contribution in [-0.2, 0) is 6.42 Å². The molecule has 0 saturated heterocycles. The Morgan fingerprint density at radius 2 is 1.32 bits per heavy atom. The maximum Gasteiger partial charge on any atom is -0.0179 e. The van der Waals surface area contributed by atoms with E-state index in [-0.39, 0.29) is 0 Å². The van der Waals surface area contributed by atoms with Crippen LogP contribution in [0.2, 0.25) is 0 Å². The van der Waals surface area contributed by atoms with Gasteiger partial charge < -0.3 is 0 Å². The topological polar surface area (TPSA) is 0 Å². The zero-order chi connectivity index (χ0) is 20.1. The van der Waals surface area contributed by atoms with Crippen LogP contribution in [0.3, 0.4) is 0 Å². The fourth-order valence-corrected chi connectivity index (χ4v) is 5.18. The summed E-state index contributed by atoms with van der Waals surface area (Å²) in [7, 11) is 0. The average molecular weight is 377 g/mol. The number of benzene rings is 2. The highest BCUT2D eigenvalue weighted by molar-refractivity contribution is 5.66. The summed E-state index contributed by atoms with van der Waals surface area (Å²) in [5.41, 5.74) is 8.68. The molecule has 28 heavy (non-hydrogen) atoms. The summed E-state index contributed by atoms with van der Waals surface area (Å²) in [4.78, 5) is 0. The minimum absolute atomic E-state index is 0.594. The van der Waals surface area contributed by atoms with Gasteiger partial charge in [0.1, 0.15) is 0 Å². The first-order valence-electron chi connectivity index (χ1n) is 11.7. The molecule has 152 valence electrons. The van der Waals surface area contributed by atoms with Crippen LogP contribution in [0.1, 0.15) is 93.9 Å². The molecule has 0 atom stereocenters. The van der Waals surface area contributed by atoms with Gasteiger partial charge in [0, 0.05) is 0 Å². The normalized spacial score (nSPS) is 19.9. The van der Waals surface area contributed by atoms with Crippen LogP contribution in [0.5, 0.6) is 0 Å². The van der Waals surface area contributed by atoms with Gasteiger partial charge in [-0.3, -0.25) is 0 Å². The van der Waals surface area contributed by atoms with Gasteiger partial charge in [0.15, 0.2) is 0 Å². The summed E-state index contributed by atoms with van der Waals surface area (Å²) in [6, 6.07) is 14.0. The van der Waals surface area contributed by atoms with E-state index in [4.69, 9.17) is 0 Å². The van der Waals surface area contributed by atoms with Gasteiger partial charge in [0.25, 0.3) is 0 Å². The minimum Gasteiger partial charge on any atom is -0.0654 e. The summed E-state index contributed by atoms with van der Waals surface area (Å²) in [6.07, 6.45) is 11.3. The summed E-state index contributed by atoms with van der Waals surface area (Å²) in [6.45, 7) is 11.5. The third-order valence-corrected chi connectivity index (χ3v) is 7.07. The van der Waals surface area contributed by atoms with Crippen LogP contribution >= 0.6 is 0 Å². The van der Waals surface area contributed by atoms with Crippen LogP contribution in [0, 0.1) is 25.7 Å². The zero-order valence-corrected chi connectivity index (χ0v) is 18.9. The Balaban J connectivity index is 1.64. The molecule has 1 aliphatic rings. The van der Waals surface area contributed by atoms with Gasteiger partial charge in [-0.1, -0.05) is 95.7 Å². The molecule has 2 aromatic carbocycles. The van der Waals surface area contributed by atoms with Crippen LogP contribution in [0.4, 0.5) is 0 Å². The number of hydrogen-bond donors (Lipinski definition) is 0. The van der Waals surface area contributed by atoms with Gasteiger partial charge >= 0.3 is 0 Å². The van der Waals surface area contributed by atoms with Crippen molar-refractivity contribution in [2.75, 3.05) is 0 Å². The summed E-state index contributed by atoms with van der Waals surface area (Å²) in [5.74, 6) is 2.57. The molecule has 0 spiro atoms. The van der Waals surface area contributed by atoms with Crippen molar-refractivity contribution in [1.29, 1.82) is 0 Å². The molecule has 0 bridgehead atoms.